The van der Waals surface area contributed by atoms with Gasteiger partial charge in [-0.2, -0.15) is 5.10 Å². The lowest BCUT2D eigenvalue weighted by Gasteiger charge is -2.07. The first-order chi connectivity index (χ1) is 10.1. The summed E-state index contributed by atoms with van der Waals surface area (Å²) in [7, 11) is 0. The maximum Gasteiger partial charge on any atom is 0.332 e. The van der Waals surface area contributed by atoms with Gasteiger partial charge in [-0.1, -0.05) is 30.3 Å². The Kier molecular flexibility index (Phi) is 4.87. The smallest absolute Gasteiger partial charge is 0.332 e. The Morgan fingerprint density at radius 2 is 2.10 bits per heavy atom. The lowest BCUT2D eigenvalue weighted by atomic mass is 10.1. The molecule has 2 rings (SSSR count). The van der Waals surface area contributed by atoms with Gasteiger partial charge >= 0.3 is 6.03 Å². The summed E-state index contributed by atoms with van der Waals surface area (Å²) in [6, 6.07) is 12.8. The number of primary amides is 1. The SMILES string of the molecule is NC(=O)NN=Cc1cccc(COc2ccccc2F)c1. The van der Waals surface area contributed by atoms with Crippen LogP contribution in [0.1, 0.15) is 11.1 Å². The molecule has 2 amide bonds. The second-order valence-electron chi connectivity index (χ2n) is 4.20. The monoisotopic (exact) mass is 287 g/mol. The highest BCUT2D eigenvalue weighted by Gasteiger charge is 2.02. The molecule has 0 aromatic heterocycles. The average Bonchev–Trinajstić information content (AvgIpc) is 2.46. The number of nitrogens with one attached hydrogen (secondary N) is 1. The van der Waals surface area contributed by atoms with Gasteiger partial charge in [0.25, 0.3) is 0 Å². The molecule has 2 aromatic rings. The van der Waals surface area contributed by atoms with Crippen LogP contribution in [0, 0.1) is 5.82 Å². The van der Waals surface area contributed by atoms with Gasteiger partial charge in [-0.3, -0.25) is 0 Å². The predicted molar refractivity (Wildman–Crippen MR) is 77.5 cm³/mol. The van der Waals surface area contributed by atoms with Crippen molar-refractivity contribution in [2.45, 2.75) is 6.61 Å². The van der Waals surface area contributed by atoms with Gasteiger partial charge in [0.1, 0.15) is 6.61 Å². The van der Waals surface area contributed by atoms with Gasteiger partial charge in [-0.15, -0.1) is 0 Å². The summed E-state index contributed by atoms with van der Waals surface area (Å²) in [5.41, 5.74) is 8.61. The lowest BCUT2D eigenvalue weighted by molar-refractivity contribution is 0.249. The largest absolute Gasteiger partial charge is 0.486 e. The summed E-state index contributed by atoms with van der Waals surface area (Å²) in [5.74, 6) is -0.201. The van der Waals surface area contributed by atoms with E-state index in [1.165, 1.54) is 12.3 Å². The van der Waals surface area contributed by atoms with Crippen molar-refractivity contribution in [3.8, 4) is 5.75 Å². The van der Waals surface area contributed by atoms with Crippen molar-refractivity contribution in [2.75, 3.05) is 0 Å². The predicted octanol–water partition coefficient (Wildman–Crippen LogP) is 2.41. The number of hydrazone groups is 1. The molecule has 0 radical (unpaired) electrons. The number of para-hydroxylation sites is 1. The maximum atomic E-state index is 13.4. The minimum atomic E-state index is -0.731. The first-order valence-electron chi connectivity index (χ1n) is 6.20. The van der Waals surface area contributed by atoms with E-state index >= 15 is 0 Å². The average molecular weight is 287 g/mol. The molecule has 2 aromatic carbocycles. The number of nitrogens with zero attached hydrogens (tertiary/aromatic N) is 1. The van der Waals surface area contributed by atoms with Crippen LogP contribution in [0.4, 0.5) is 9.18 Å². The summed E-state index contributed by atoms with van der Waals surface area (Å²) in [4.78, 5) is 10.5. The number of nitrogens with two attached hydrogens (primary N) is 1. The summed E-state index contributed by atoms with van der Waals surface area (Å²) in [5, 5.41) is 3.66. The van der Waals surface area contributed by atoms with Crippen molar-refractivity contribution in [1.29, 1.82) is 0 Å². The topological polar surface area (TPSA) is 76.7 Å². The third-order valence-electron chi connectivity index (χ3n) is 2.57. The molecule has 0 heterocycles. The molecule has 0 saturated heterocycles. The molecule has 0 fully saturated rings. The quantitative estimate of drug-likeness (QED) is 0.654. The summed E-state index contributed by atoms with van der Waals surface area (Å²) >= 11 is 0. The first-order valence-corrected chi connectivity index (χ1v) is 6.20. The van der Waals surface area contributed by atoms with Crippen LogP contribution in [0.3, 0.4) is 0 Å². The molecule has 108 valence electrons. The van der Waals surface area contributed by atoms with E-state index in [9.17, 15) is 9.18 Å². The Bertz CT molecular complexity index is 659. The fraction of sp³-hybridized carbons (Fsp3) is 0.0667. The Morgan fingerprint density at radius 1 is 1.29 bits per heavy atom. The standard InChI is InChI=1S/C15H14FN3O2/c16-13-6-1-2-7-14(13)21-10-12-5-3-4-11(8-12)9-18-19-15(17)20/h1-9H,10H2,(H3,17,19,20). The van der Waals surface area contributed by atoms with Crippen molar-refractivity contribution < 1.29 is 13.9 Å². The summed E-state index contributed by atoms with van der Waals surface area (Å²) in [6.07, 6.45) is 1.46. The van der Waals surface area contributed by atoms with Gasteiger partial charge in [-0.25, -0.2) is 14.6 Å². The molecule has 0 bridgehead atoms. The van der Waals surface area contributed by atoms with E-state index in [1.54, 1.807) is 24.3 Å². The number of rotatable bonds is 5. The molecule has 0 aliphatic heterocycles. The molecule has 0 atom stereocenters. The fourth-order valence-corrected chi connectivity index (χ4v) is 1.66. The molecule has 0 aliphatic rings. The van der Waals surface area contributed by atoms with Gasteiger partial charge < -0.3 is 10.5 Å². The van der Waals surface area contributed by atoms with Crippen molar-refractivity contribution >= 4 is 12.2 Å². The van der Waals surface area contributed by atoms with Gasteiger partial charge in [0.2, 0.25) is 0 Å². The minimum Gasteiger partial charge on any atom is -0.486 e. The van der Waals surface area contributed by atoms with E-state index in [0.29, 0.717) is 0 Å². The fourth-order valence-electron chi connectivity index (χ4n) is 1.66. The number of carbonyl (C=O) groups is 1. The number of hydrogen-bond donors (Lipinski definition) is 2. The minimum absolute atomic E-state index is 0.201. The van der Waals surface area contributed by atoms with E-state index in [2.05, 4.69) is 10.5 Å². The van der Waals surface area contributed by atoms with Crippen LogP contribution in [0.15, 0.2) is 53.6 Å². The van der Waals surface area contributed by atoms with E-state index in [4.69, 9.17) is 10.5 Å². The zero-order valence-electron chi connectivity index (χ0n) is 11.1. The van der Waals surface area contributed by atoms with E-state index in [0.717, 1.165) is 11.1 Å². The van der Waals surface area contributed by atoms with Crippen LogP contribution < -0.4 is 15.9 Å². The molecule has 3 N–H and O–H groups in total. The van der Waals surface area contributed by atoms with E-state index in [1.807, 2.05) is 18.2 Å². The van der Waals surface area contributed by atoms with Crippen LogP contribution in [0.25, 0.3) is 0 Å². The Balaban J connectivity index is 1.99. The Hall–Kier alpha value is -2.89. The van der Waals surface area contributed by atoms with Gasteiger partial charge in [0.15, 0.2) is 11.6 Å². The molecular formula is C15H14FN3O2. The van der Waals surface area contributed by atoms with Crippen LogP contribution in [0.5, 0.6) is 5.75 Å². The number of amides is 2. The molecule has 0 saturated carbocycles. The number of halogens is 1. The number of hydrogen-bond acceptors (Lipinski definition) is 3. The zero-order chi connectivity index (χ0) is 15.1. The summed E-state index contributed by atoms with van der Waals surface area (Å²) < 4.78 is 18.8. The van der Waals surface area contributed by atoms with Crippen LogP contribution in [0.2, 0.25) is 0 Å². The third-order valence-corrected chi connectivity index (χ3v) is 2.57. The van der Waals surface area contributed by atoms with Gasteiger partial charge in [-0.05, 0) is 29.3 Å². The van der Waals surface area contributed by atoms with E-state index < -0.39 is 11.8 Å². The maximum absolute atomic E-state index is 13.4. The van der Waals surface area contributed by atoms with Crippen molar-refractivity contribution in [2.24, 2.45) is 10.8 Å². The highest BCUT2D eigenvalue weighted by atomic mass is 19.1. The highest BCUT2D eigenvalue weighted by molar-refractivity contribution is 5.81. The second-order valence-corrected chi connectivity index (χ2v) is 4.20. The number of benzene rings is 2. The second kappa shape index (κ2) is 7.04. The summed E-state index contributed by atoms with van der Waals surface area (Å²) in [6.45, 7) is 0.228. The molecule has 0 spiro atoms. The lowest BCUT2D eigenvalue weighted by Crippen LogP contribution is -2.24. The molecular weight excluding hydrogens is 273 g/mol. The zero-order valence-corrected chi connectivity index (χ0v) is 11.1. The number of carbonyl (C=O) groups excluding carboxylic acids is 1. The number of ether oxygens (including phenoxy) is 1. The first kappa shape index (κ1) is 14.5. The van der Waals surface area contributed by atoms with Crippen molar-refractivity contribution in [3.63, 3.8) is 0 Å². The van der Waals surface area contributed by atoms with E-state index in [-0.39, 0.29) is 12.4 Å². The van der Waals surface area contributed by atoms with Crippen molar-refractivity contribution in [1.82, 2.24) is 5.43 Å². The number of urea groups is 1. The van der Waals surface area contributed by atoms with Crippen LogP contribution in [-0.4, -0.2) is 12.2 Å². The third kappa shape index (κ3) is 4.61. The molecule has 0 unspecified atom stereocenters. The molecule has 21 heavy (non-hydrogen) atoms. The van der Waals surface area contributed by atoms with Crippen LogP contribution in [-0.2, 0) is 6.61 Å². The molecule has 0 aliphatic carbocycles. The van der Waals surface area contributed by atoms with Gasteiger partial charge in [0, 0.05) is 0 Å². The molecule has 5 nitrogen and oxygen atoms in total. The van der Waals surface area contributed by atoms with Crippen LogP contribution >= 0.6 is 0 Å². The Morgan fingerprint density at radius 3 is 2.86 bits per heavy atom. The van der Waals surface area contributed by atoms with Gasteiger partial charge in [0.05, 0.1) is 6.21 Å². The molecule has 6 heteroatoms. The highest BCUT2D eigenvalue weighted by Crippen LogP contribution is 2.17. The Labute approximate surface area is 121 Å². The normalized spacial score (nSPS) is 10.5. The van der Waals surface area contributed by atoms with Crippen molar-refractivity contribution in [3.05, 3.63) is 65.5 Å².